The lowest BCUT2D eigenvalue weighted by molar-refractivity contribution is -0.114. The van der Waals surface area contributed by atoms with E-state index in [-0.39, 0.29) is 21.2 Å². The minimum atomic E-state index is -3.87. The molecule has 0 fully saturated rings. The van der Waals surface area contributed by atoms with Crippen LogP contribution in [0.5, 0.6) is 0 Å². The number of carbonyl (C=O) groups excluding carboxylic acids is 2. The fourth-order valence-electron chi connectivity index (χ4n) is 2.15. The Morgan fingerprint density at radius 3 is 2.48 bits per heavy atom. The van der Waals surface area contributed by atoms with Crippen molar-refractivity contribution in [1.29, 1.82) is 0 Å². The number of Topliss-reactive ketones (excluding diaryl/α,β-unsaturated/α-hetero) is 2. The molecule has 0 saturated carbocycles. The predicted molar refractivity (Wildman–Crippen MR) is 84.9 cm³/mol. The number of benzene rings is 1. The highest BCUT2D eigenvalue weighted by molar-refractivity contribution is 7.91. The van der Waals surface area contributed by atoms with E-state index in [2.05, 4.69) is 25.6 Å². The summed E-state index contributed by atoms with van der Waals surface area (Å²) in [5.74, 6) is -2.18. The average Bonchev–Trinajstić information content (AvgIpc) is 3.26. The van der Waals surface area contributed by atoms with Gasteiger partial charge in [0.15, 0.2) is 0 Å². The van der Waals surface area contributed by atoms with Crippen molar-refractivity contribution in [2.75, 3.05) is 0 Å². The maximum Gasteiger partial charge on any atom is 0.269 e. The minimum absolute atomic E-state index is 0.0229. The van der Waals surface area contributed by atoms with E-state index in [4.69, 9.17) is 11.6 Å². The van der Waals surface area contributed by atoms with Crippen molar-refractivity contribution >= 4 is 33.0 Å². The Labute approximate surface area is 146 Å². The molecule has 0 aliphatic heterocycles. The number of nitrogens with one attached hydrogen (secondary N) is 2. The van der Waals surface area contributed by atoms with Gasteiger partial charge in [-0.05, 0) is 35.0 Å². The Balaban J connectivity index is 1.89. The first kappa shape index (κ1) is 17.0. The van der Waals surface area contributed by atoms with Gasteiger partial charge in [-0.2, -0.15) is 5.21 Å². The topological polar surface area (TPSA) is 139 Å². The molecule has 11 heteroatoms. The van der Waals surface area contributed by atoms with Gasteiger partial charge < -0.3 is 4.98 Å². The van der Waals surface area contributed by atoms with E-state index < -0.39 is 27.8 Å². The largest absolute Gasteiger partial charge is 0.366 e. The maximum absolute atomic E-state index is 12.7. The Hall–Kier alpha value is -2.85. The lowest BCUT2D eigenvalue weighted by Gasteiger charge is -2.05. The van der Waals surface area contributed by atoms with Crippen molar-refractivity contribution in [2.24, 2.45) is 0 Å². The van der Waals surface area contributed by atoms with Crippen LogP contribution < -0.4 is 0 Å². The first-order valence-corrected chi connectivity index (χ1v) is 8.73. The van der Waals surface area contributed by atoms with E-state index in [9.17, 15) is 18.0 Å². The Kier molecular flexibility index (Phi) is 4.47. The van der Waals surface area contributed by atoms with Crippen molar-refractivity contribution in [2.45, 2.75) is 16.2 Å². The molecule has 1 aromatic carbocycles. The number of nitrogens with zero attached hydrogens (tertiary/aromatic N) is 3. The Morgan fingerprint density at radius 2 is 1.84 bits per heavy atom. The fraction of sp³-hybridized carbons (Fsp3) is 0.0714. The molecule has 0 amide bonds. The standard InChI is InChI=1S/C14H10ClN5O4S/c15-9-1-3-10(4-2-9)25(23,24)12-7-16-6-8(12)5-11(21)13(22)14-17-19-20-18-14/h1-4,6-7,16H,5H2,(H,17,18,19,20). The lowest BCUT2D eigenvalue weighted by atomic mass is 10.1. The van der Waals surface area contributed by atoms with Crippen LogP contribution >= 0.6 is 11.6 Å². The van der Waals surface area contributed by atoms with E-state index in [0.717, 1.165) is 0 Å². The smallest absolute Gasteiger partial charge is 0.269 e. The molecule has 9 nitrogen and oxygen atoms in total. The maximum atomic E-state index is 12.7. The molecule has 2 aromatic heterocycles. The van der Waals surface area contributed by atoms with Gasteiger partial charge in [0, 0.05) is 23.8 Å². The summed E-state index contributed by atoms with van der Waals surface area (Å²) in [5, 5.41) is 12.5. The third kappa shape index (κ3) is 3.35. The second-order valence-electron chi connectivity index (χ2n) is 4.97. The molecule has 0 spiro atoms. The minimum Gasteiger partial charge on any atom is -0.366 e. The van der Waals surface area contributed by atoms with Crippen LogP contribution in [-0.2, 0) is 21.1 Å². The van der Waals surface area contributed by atoms with Gasteiger partial charge in [0.1, 0.15) is 0 Å². The van der Waals surface area contributed by atoms with Crippen LogP contribution in [0.1, 0.15) is 16.2 Å². The summed E-state index contributed by atoms with van der Waals surface area (Å²) < 4.78 is 25.4. The molecule has 2 N–H and O–H groups in total. The highest BCUT2D eigenvalue weighted by atomic mass is 35.5. The zero-order chi connectivity index (χ0) is 18.0. The van der Waals surface area contributed by atoms with E-state index in [1.807, 2.05) is 0 Å². The molecule has 0 saturated heterocycles. The van der Waals surface area contributed by atoms with Crippen LogP contribution in [0.4, 0.5) is 0 Å². The molecule has 128 valence electrons. The second kappa shape index (κ2) is 6.57. The van der Waals surface area contributed by atoms with E-state index in [1.54, 1.807) is 0 Å². The number of sulfone groups is 1. The normalized spacial score (nSPS) is 11.4. The molecule has 0 radical (unpaired) electrons. The highest BCUT2D eigenvalue weighted by Crippen LogP contribution is 2.25. The molecular formula is C14H10ClN5O4S. The van der Waals surface area contributed by atoms with Crippen molar-refractivity contribution in [3.8, 4) is 0 Å². The molecule has 25 heavy (non-hydrogen) atoms. The summed E-state index contributed by atoms with van der Waals surface area (Å²) in [5.41, 5.74) is 0.164. The first-order valence-electron chi connectivity index (χ1n) is 6.87. The van der Waals surface area contributed by atoms with Crippen molar-refractivity contribution in [3.05, 3.63) is 53.1 Å². The third-order valence-electron chi connectivity index (χ3n) is 3.35. The molecule has 0 unspecified atom stereocenters. The van der Waals surface area contributed by atoms with Gasteiger partial charge in [0.2, 0.25) is 21.4 Å². The average molecular weight is 380 g/mol. The number of ketones is 2. The number of carbonyl (C=O) groups is 2. The molecule has 3 rings (SSSR count). The summed E-state index contributed by atoms with van der Waals surface area (Å²) in [6, 6.07) is 5.62. The molecular weight excluding hydrogens is 370 g/mol. The highest BCUT2D eigenvalue weighted by Gasteiger charge is 2.26. The van der Waals surface area contributed by atoms with Crippen LogP contribution in [0, 0.1) is 0 Å². The number of halogens is 1. The van der Waals surface area contributed by atoms with Crippen LogP contribution in [0.25, 0.3) is 0 Å². The molecule has 0 aliphatic carbocycles. The van der Waals surface area contributed by atoms with Crippen LogP contribution in [0.15, 0.2) is 46.5 Å². The summed E-state index contributed by atoms with van der Waals surface area (Å²) in [4.78, 5) is 26.5. The number of hydrogen-bond acceptors (Lipinski definition) is 7. The third-order valence-corrected chi connectivity index (χ3v) is 5.46. The van der Waals surface area contributed by atoms with Gasteiger partial charge in [-0.3, -0.25) is 9.59 Å². The van der Waals surface area contributed by atoms with Gasteiger partial charge in [-0.1, -0.05) is 11.6 Å². The zero-order valence-corrected chi connectivity index (χ0v) is 14.0. The van der Waals surface area contributed by atoms with Gasteiger partial charge in [-0.25, -0.2) is 8.42 Å². The second-order valence-corrected chi connectivity index (χ2v) is 7.32. The summed E-state index contributed by atoms with van der Waals surface area (Å²) in [6.07, 6.45) is 2.19. The molecule has 0 bridgehead atoms. The number of hydrogen-bond donors (Lipinski definition) is 2. The Morgan fingerprint density at radius 1 is 1.12 bits per heavy atom. The summed E-state index contributed by atoms with van der Waals surface area (Å²) in [6.45, 7) is 0. The number of rotatable bonds is 6. The SMILES string of the molecule is O=C(Cc1c[nH]cc1S(=O)(=O)c1ccc(Cl)cc1)C(=O)c1nn[nH]n1. The van der Waals surface area contributed by atoms with E-state index in [0.29, 0.717) is 5.02 Å². The van der Waals surface area contributed by atoms with Gasteiger partial charge in [-0.15, -0.1) is 10.2 Å². The summed E-state index contributed by atoms with van der Waals surface area (Å²) >= 11 is 5.77. The number of H-pyrrole nitrogens is 2. The monoisotopic (exact) mass is 379 g/mol. The summed E-state index contributed by atoms with van der Waals surface area (Å²) in [7, 11) is -3.87. The predicted octanol–water partition coefficient (Wildman–Crippen LogP) is 1.01. The molecule has 3 aromatic rings. The van der Waals surface area contributed by atoms with Crippen LogP contribution in [0.3, 0.4) is 0 Å². The van der Waals surface area contributed by atoms with Crippen molar-refractivity contribution in [3.63, 3.8) is 0 Å². The van der Waals surface area contributed by atoms with Gasteiger partial charge >= 0.3 is 0 Å². The first-order chi connectivity index (χ1) is 11.9. The van der Waals surface area contributed by atoms with Gasteiger partial charge in [0.25, 0.3) is 5.78 Å². The molecule has 0 atom stereocenters. The number of aromatic nitrogens is 5. The molecule has 2 heterocycles. The van der Waals surface area contributed by atoms with E-state index >= 15 is 0 Å². The number of aromatic amines is 2. The zero-order valence-electron chi connectivity index (χ0n) is 12.4. The van der Waals surface area contributed by atoms with Crippen molar-refractivity contribution < 1.29 is 18.0 Å². The molecule has 0 aliphatic rings. The lowest BCUT2D eigenvalue weighted by Crippen LogP contribution is -2.19. The van der Waals surface area contributed by atoms with Crippen molar-refractivity contribution in [1.82, 2.24) is 25.6 Å². The van der Waals surface area contributed by atoms with Crippen LogP contribution in [-0.4, -0.2) is 45.6 Å². The Bertz CT molecular complexity index is 1030. The van der Waals surface area contributed by atoms with Crippen LogP contribution in [0.2, 0.25) is 5.02 Å². The fourth-order valence-corrected chi connectivity index (χ4v) is 3.72. The number of tetrazole rings is 1. The quantitative estimate of drug-likeness (QED) is 0.481. The van der Waals surface area contributed by atoms with E-state index in [1.165, 1.54) is 36.7 Å². The van der Waals surface area contributed by atoms with Gasteiger partial charge in [0.05, 0.1) is 9.79 Å².